The summed E-state index contributed by atoms with van der Waals surface area (Å²) in [5.74, 6) is -5.28. The molecular formula is C47H77N3O15S. The Kier molecular flexibility index (Phi) is 17.7. The number of rotatable bonds is 12. The average molecular weight is 956 g/mol. The van der Waals surface area contributed by atoms with Crippen molar-refractivity contribution in [3.05, 3.63) is 32.6 Å². The summed E-state index contributed by atoms with van der Waals surface area (Å²) in [6.07, 6.45) is -5.82. The highest BCUT2D eigenvalue weighted by atomic mass is 32.2. The number of aryl methyl sites for hydroxylation is 2. The van der Waals surface area contributed by atoms with Crippen LogP contribution in [0.15, 0.2) is 15.8 Å². The van der Waals surface area contributed by atoms with Crippen LogP contribution in [-0.2, 0) is 58.8 Å². The van der Waals surface area contributed by atoms with Crippen LogP contribution in [0.4, 0.5) is 0 Å². The number of nitrogens with zero attached hydrogens (tertiary/aromatic N) is 2. The van der Waals surface area contributed by atoms with E-state index in [1.165, 1.54) is 36.7 Å². The van der Waals surface area contributed by atoms with E-state index in [0.29, 0.717) is 12.0 Å². The van der Waals surface area contributed by atoms with Crippen LogP contribution in [0.1, 0.15) is 100 Å². The lowest BCUT2D eigenvalue weighted by Gasteiger charge is -2.50. The number of aliphatic hydroxyl groups excluding tert-OH is 2. The van der Waals surface area contributed by atoms with Gasteiger partial charge in [-0.15, -0.1) is 11.8 Å². The number of aliphatic hydroxyl groups is 2. The lowest BCUT2D eigenvalue weighted by molar-refractivity contribution is -0.319. The molecule has 66 heavy (non-hydrogen) atoms. The van der Waals surface area contributed by atoms with E-state index < -0.39 is 124 Å². The minimum atomic E-state index is -1.46. The zero-order valence-electron chi connectivity index (χ0n) is 41.6. The minimum Gasteiger partial charge on any atom is -0.458 e. The summed E-state index contributed by atoms with van der Waals surface area (Å²) in [7, 11) is 6.78. The Balaban J connectivity index is 1.61. The van der Waals surface area contributed by atoms with Gasteiger partial charge in [0, 0.05) is 74.4 Å². The van der Waals surface area contributed by atoms with E-state index in [2.05, 4.69) is 4.98 Å². The van der Waals surface area contributed by atoms with Crippen LogP contribution in [0.3, 0.4) is 0 Å². The Labute approximate surface area is 393 Å². The van der Waals surface area contributed by atoms with Crippen LogP contribution in [0, 0.1) is 36.5 Å². The number of hydrogen-bond donors (Lipinski definition) is 3. The van der Waals surface area contributed by atoms with Gasteiger partial charge in [-0.25, -0.2) is 4.79 Å². The fraction of sp³-hybridized carbons (Fsp3) is 0.851. The van der Waals surface area contributed by atoms with Crippen molar-refractivity contribution in [1.82, 2.24) is 14.5 Å². The van der Waals surface area contributed by atoms with Crippen molar-refractivity contribution >= 4 is 29.5 Å². The number of nitrogens with one attached hydrogen (secondary N) is 1. The first-order valence-corrected chi connectivity index (χ1v) is 24.5. The van der Waals surface area contributed by atoms with Crippen LogP contribution in [0.5, 0.6) is 0 Å². The molecule has 376 valence electrons. The molecular weight excluding hydrogens is 879 g/mol. The molecule has 0 spiro atoms. The van der Waals surface area contributed by atoms with Crippen LogP contribution < -0.4 is 11.2 Å². The highest BCUT2D eigenvalue weighted by Gasteiger charge is 2.62. The third-order valence-corrected chi connectivity index (χ3v) is 16.3. The number of likely N-dealkylation sites (N-methyl/N-ethyl adjacent to an activating group) is 1. The van der Waals surface area contributed by atoms with E-state index in [0.717, 1.165) is 0 Å². The Morgan fingerprint density at radius 1 is 0.909 bits per heavy atom. The van der Waals surface area contributed by atoms with E-state index in [9.17, 15) is 29.4 Å². The van der Waals surface area contributed by atoms with Crippen molar-refractivity contribution in [1.29, 1.82) is 0 Å². The maximum absolute atomic E-state index is 15.0. The second-order valence-electron chi connectivity index (χ2n) is 20.1. The van der Waals surface area contributed by atoms with Crippen molar-refractivity contribution in [2.75, 3.05) is 34.1 Å². The molecule has 5 heterocycles. The molecule has 1 aromatic heterocycles. The molecule has 4 fully saturated rings. The molecule has 3 N–H and O–H groups in total. The second-order valence-corrected chi connectivity index (χ2v) is 21.4. The number of ether oxygens (including phenoxy) is 8. The molecule has 0 amide bonds. The van der Waals surface area contributed by atoms with Crippen LogP contribution in [0.25, 0.3) is 0 Å². The van der Waals surface area contributed by atoms with E-state index in [-0.39, 0.29) is 49.5 Å². The second kappa shape index (κ2) is 21.5. The van der Waals surface area contributed by atoms with Gasteiger partial charge in [-0.1, -0.05) is 27.7 Å². The Bertz CT molecular complexity index is 1980. The number of esters is 2. The van der Waals surface area contributed by atoms with Gasteiger partial charge in [-0.2, -0.15) is 0 Å². The first kappa shape index (κ1) is 54.2. The molecule has 2 unspecified atom stereocenters. The first-order valence-electron chi connectivity index (χ1n) is 23.4. The average Bonchev–Trinajstić information content (AvgIpc) is 3.52. The van der Waals surface area contributed by atoms with Gasteiger partial charge >= 0.3 is 17.6 Å². The summed E-state index contributed by atoms with van der Waals surface area (Å²) in [6, 6.07) is -0.317. The van der Waals surface area contributed by atoms with Gasteiger partial charge in [0.1, 0.15) is 29.3 Å². The van der Waals surface area contributed by atoms with Crippen molar-refractivity contribution in [3.63, 3.8) is 0 Å². The molecule has 4 aliphatic rings. The van der Waals surface area contributed by atoms with Crippen molar-refractivity contribution in [3.8, 4) is 0 Å². The Morgan fingerprint density at radius 2 is 1.56 bits per heavy atom. The summed E-state index contributed by atoms with van der Waals surface area (Å²) < 4.78 is 52.8. The predicted octanol–water partition coefficient (Wildman–Crippen LogP) is 3.22. The quantitative estimate of drug-likeness (QED) is 0.256. The molecule has 4 aliphatic heterocycles. The number of methoxy groups -OCH3 is 2. The maximum Gasteiger partial charge on any atom is 0.328 e. The Hall–Kier alpha value is -2.72. The lowest BCUT2D eigenvalue weighted by atomic mass is 9.70. The number of H-pyrrole nitrogens is 1. The molecule has 4 saturated heterocycles. The van der Waals surface area contributed by atoms with Crippen LogP contribution in [0.2, 0.25) is 0 Å². The number of Topliss-reactive ketones (excluding diaryl/α,β-unsaturated/α-hetero) is 1. The van der Waals surface area contributed by atoms with Crippen molar-refractivity contribution < 1.29 is 62.5 Å². The third kappa shape index (κ3) is 11.0. The summed E-state index contributed by atoms with van der Waals surface area (Å²) >= 11 is 1.24. The van der Waals surface area contributed by atoms with E-state index in [1.54, 1.807) is 41.5 Å². The molecule has 18 nitrogen and oxygen atoms in total. The molecule has 1 aromatic rings. The largest absolute Gasteiger partial charge is 0.458 e. The monoisotopic (exact) mass is 956 g/mol. The van der Waals surface area contributed by atoms with E-state index >= 15 is 4.79 Å². The van der Waals surface area contributed by atoms with E-state index in [1.807, 2.05) is 53.6 Å². The number of aromatic amines is 1. The minimum absolute atomic E-state index is 0.103. The number of ketones is 1. The number of fused-ring (bicyclic) bond motifs is 1. The van der Waals surface area contributed by atoms with E-state index in [4.69, 9.17) is 37.9 Å². The summed E-state index contributed by atoms with van der Waals surface area (Å²) in [5, 5.41) is 22.0. The first-order chi connectivity index (χ1) is 30.8. The van der Waals surface area contributed by atoms with Crippen molar-refractivity contribution in [2.24, 2.45) is 29.6 Å². The zero-order valence-corrected chi connectivity index (χ0v) is 42.4. The Morgan fingerprint density at radius 3 is 2.17 bits per heavy atom. The summed E-state index contributed by atoms with van der Waals surface area (Å²) in [6.45, 7) is 19.6. The van der Waals surface area contributed by atoms with Crippen LogP contribution in [-0.4, -0.2) is 160 Å². The standard InChI is InChI=1S/C47H77N3O15S/c1-16-31-47(11)33(37(42(56)65-47)66-18-17-50-22-24(3)40(54)48-44(50)57)26(5)34(51)23(2)20-46(10,59-15)39(64-43-35(52)30(49(12)13)19-25(4)60-43)27(6)36(28(7)41(55)62-31)63-32-21-45(9,58-14)38(53)29(8)61-32/h22-23,25-33,35-39,43,52-53H,16-21H2,1-15H3,(H,48,54,57)/t23-,25-,26-,27+,28-,29-,30+,31-,32+,33?,35-,36+,37?,38+,39-,43+,45-,46-,47-/m1/s1. The molecule has 5 rings (SSSR count). The van der Waals surface area contributed by atoms with Gasteiger partial charge in [-0.3, -0.25) is 28.7 Å². The molecule has 0 bridgehead atoms. The smallest absolute Gasteiger partial charge is 0.328 e. The summed E-state index contributed by atoms with van der Waals surface area (Å²) in [5.41, 5.74) is -4.54. The third-order valence-electron chi connectivity index (χ3n) is 15.1. The topological polar surface area (TPSA) is 224 Å². The van der Waals surface area contributed by atoms with Crippen molar-refractivity contribution in [2.45, 2.75) is 192 Å². The van der Waals surface area contributed by atoms with Gasteiger partial charge in [0.05, 0.1) is 41.5 Å². The lowest BCUT2D eigenvalue weighted by Crippen LogP contribution is -2.61. The van der Waals surface area contributed by atoms with Gasteiger partial charge in [0.15, 0.2) is 18.2 Å². The molecule has 0 radical (unpaired) electrons. The number of hydrogen-bond acceptors (Lipinski definition) is 17. The molecule has 0 aromatic carbocycles. The van der Waals surface area contributed by atoms with Gasteiger partial charge < -0.3 is 53.0 Å². The summed E-state index contributed by atoms with van der Waals surface area (Å²) in [4.78, 5) is 73.0. The fourth-order valence-corrected chi connectivity index (χ4v) is 12.4. The van der Waals surface area contributed by atoms with Gasteiger partial charge in [0.25, 0.3) is 5.56 Å². The number of carbonyl (C=O) groups excluding carboxylic acids is 3. The molecule has 19 heteroatoms. The van der Waals surface area contributed by atoms with Crippen LogP contribution >= 0.6 is 11.8 Å². The zero-order chi connectivity index (χ0) is 49.4. The highest BCUT2D eigenvalue weighted by Crippen LogP contribution is 2.49. The maximum atomic E-state index is 15.0. The molecule has 19 atom stereocenters. The number of aromatic nitrogens is 2. The molecule has 0 saturated carbocycles. The SMILES string of the molecule is CC[C@H]1OC(=O)[C@H](C)[C@@H](O[C@H]2C[C@@](C)(OC)[C@@H](O)[C@@H](C)O2)[C@H](C)[C@@H](O[C@@H]2O[C@H](C)C[C@H](N(C)C)[C@H]2O)[C@](C)(OC)C[C@@H](C)C(=O)[C@H](C)C2C(SCCn3cc(C)c(=O)[nH]c3=O)C(=O)O[C@@]21C. The number of thioether (sulfide) groups is 1. The number of cyclic esters (lactones) is 1. The molecule has 0 aliphatic carbocycles. The highest BCUT2D eigenvalue weighted by molar-refractivity contribution is 8.00. The fourth-order valence-electron chi connectivity index (χ4n) is 11.0. The van der Waals surface area contributed by atoms with Gasteiger partial charge in [-0.05, 0) is 81.8 Å². The normalized spacial score (nSPS) is 43.0. The van der Waals surface area contributed by atoms with Gasteiger partial charge in [0.2, 0.25) is 0 Å². The predicted molar refractivity (Wildman–Crippen MR) is 245 cm³/mol. The number of carbonyl (C=O) groups is 3.